The Labute approximate surface area is 405 Å². The summed E-state index contributed by atoms with van der Waals surface area (Å²) in [6.45, 7) is 24.2. The van der Waals surface area contributed by atoms with E-state index in [-0.39, 0.29) is 53.2 Å². The molecule has 0 radical (unpaired) electrons. The minimum absolute atomic E-state index is 0. The molecule has 0 spiro atoms. The average Bonchev–Trinajstić information content (AvgIpc) is 4.00. The number of benzene rings is 4. The summed E-state index contributed by atoms with van der Waals surface area (Å²) in [7, 11) is -1.48. The Balaban J connectivity index is 0.000000170. The molecule has 67 heavy (non-hydrogen) atoms. The van der Waals surface area contributed by atoms with Gasteiger partial charge in [0, 0.05) is 39.6 Å². The summed E-state index contributed by atoms with van der Waals surface area (Å²) in [6.07, 6.45) is 2.29. The Morgan fingerprint density at radius 3 is 1.22 bits per heavy atom. The van der Waals surface area contributed by atoms with Gasteiger partial charge in [0.25, 0.3) is 11.8 Å². The van der Waals surface area contributed by atoms with Crippen molar-refractivity contribution < 1.29 is 47.1 Å². The van der Waals surface area contributed by atoms with Gasteiger partial charge in [0.1, 0.15) is 0 Å². The van der Waals surface area contributed by atoms with Crippen molar-refractivity contribution in [2.45, 2.75) is 150 Å². The fourth-order valence-electron chi connectivity index (χ4n) is 8.13. The molecule has 16 heteroatoms. The summed E-state index contributed by atoms with van der Waals surface area (Å²) >= 11 is 3.46. The van der Waals surface area contributed by atoms with Crippen LogP contribution in [0.25, 0.3) is 0 Å². The average molecular weight is 977 g/mol. The molecule has 2 amide bonds. The van der Waals surface area contributed by atoms with Crippen molar-refractivity contribution in [3.63, 3.8) is 0 Å². The molecule has 0 saturated carbocycles. The molecule has 4 aromatic carbocycles. The van der Waals surface area contributed by atoms with E-state index in [1.807, 2.05) is 132 Å². The first kappa shape index (κ1) is 52.0. The minimum Gasteiger partial charge on any atom is -0.405 e. The van der Waals surface area contributed by atoms with Crippen molar-refractivity contribution in [3.8, 4) is 0 Å². The van der Waals surface area contributed by atoms with Crippen LogP contribution in [0.5, 0.6) is 0 Å². The zero-order chi connectivity index (χ0) is 48.2. The highest BCUT2D eigenvalue weighted by Crippen LogP contribution is 2.43. The maximum atomic E-state index is 12.6. The molecule has 3 saturated heterocycles. The lowest BCUT2D eigenvalue weighted by molar-refractivity contribution is 0.00578. The van der Waals surface area contributed by atoms with Crippen LogP contribution in [-0.2, 0) is 40.8 Å². The van der Waals surface area contributed by atoms with E-state index in [4.69, 9.17) is 27.9 Å². The summed E-state index contributed by atoms with van der Waals surface area (Å²) in [5, 5.41) is 5.73. The van der Waals surface area contributed by atoms with Gasteiger partial charge in [-0.05, 0) is 155 Å². The molecule has 5 aliphatic rings. The molecule has 3 fully saturated rings. The van der Waals surface area contributed by atoms with E-state index < -0.39 is 32.3 Å². The number of hydrogen-bond acceptors (Lipinski definition) is 10. The van der Waals surface area contributed by atoms with Crippen LogP contribution < -0.4 is 16.1 Å². The number of Topliss-reactive ketones (excluding diaryl/α,β-unsaturated/α-hetero) is 2. The Hall–Kier alpha value is -4.41. The molecule has 0 aromatic heterocycles. The Bertz CT molecular complexity index is 2450. The van der Waals surface area contributed by atoms with Gasteiger partial charge >= 0.3 is 21.1 Å². The van der Waals surface area contributed by atoms with Gasteiger partial charge in [-0.15, -0.1) is 0 Å². The summed E-state index contributed by atoms with van der Waals surface area (Å²) in [5.41, 5.74) is 3.93. The van der Waals surface area contributed by atoms with Gasteiger partial charge < -0.3 is 38.6 Å². The molecule has 0 unspecified atom stereocenters. The molecule has 4 aromatic rings. The summed E-state index contributed by atoms with van der Waals surface area (Å²) in [5.74, 6) is -0.304. The standard InChI is InChI=1S/C22H24BNO4.C16H12BrNO2.C12H24B2O4.CH4/c1-21(2)22(3,4)28-23(27-21)16-11-12-17(19-15(16)10-13-18(19)25)24-20(26)14-8-6-5-7-9-14;17-12-7-8-13(15-11(12)6-9-14(15)19)18-16(20)10-4-2-1-3-5-10;1-9(2)10(3,4)16-13(15-9)14-17-11(5,6)12(7,8)18-14;/h5-9,11-12H,10,13H2,1-4H3,(H,24,26);1-5,7-8H,6,9H2,(H,18,20);1-8H3;1H4. The van der Waals surface area contributed by atoms with Crippen LogP contribution in [-0.4, -0.2) is 78.1 Å². The maximum Gasteiger partial charge on any atom is 0.495 e. The van der Waals surface area contributed by atoms with Crippen LogP contribution in [0.4, 0.5) is 11.4 Å². The molecule has 9 rings (SSSR count). The van der Waals surface area contributed by atoms with Crippen LogP contribution in [0.3, 0.4) is 0 Å². The van der Waals surface area contributed by atoms with Crippen molar-refractivity contribution in [1.29, 1.82) is 0 Å². The fourth-order valence-corrected chi connectivity index (χ4v) is 8.66. The predicted octanol–water partition coefficient (Wildman–Crippen LogP) is 10.1. The van der Waals surface area contributed by atoms with Crippen LogP contribution in [0.2, 0.25) is 0 Å². The van der Waals surface area contributed by atoms with Gasteiger partial charge in [-0.2, -0.15) is 0 Å². The SMILES string of the molecule is C.CC1(C)OB(B2OC(C)(C)C(C)(C)O2)OC1(C)C.CC1(C)OB(c2ccc(NC(=O)c3ccccc3)c3c2CCC3=O)OC1(C)C.O=C(Nc1ccc(Br)c2c1C(=O)CC2)c1ccccc1. The summed E-state index contributed by atoms with van der Waals surface area (Å²) < 4.78 is 37.1. The smallest absolute Gasteiger partial charge is 0.405 e. The maximum absolute atomic E-state index is 12.6. The molecule has 3 aliphatic heterocycles. The largest absolute Gasteiger partial charge is 0.495 e. The highest BCUT2D eigenvalue weighted by Gasteiger charge is 2.64. The number of rotatable bonds is 6. The number of amides is 2. The van der Waals surface area contributed by atoms with E-state index in [2.05, 4.69) is 26.6 Å². The molecule has 2 N–H and O–H groups in total. The van der Waals surface area contributed by atoms with E-state index in [1.165, 1.54) is 0 Å². The third-order valence-electron chi connectivity index (χ3n) is 14.2. The molecule has 12 nitrogen and oxygen atoms in total. The van der Waals surface area contributed by atoms with Gasteiger partial charge in [-0.1, -0.05) is 65.8 Å². The Morgan fingerprint density at radius 2 is 0.821 bits per heavy atom. The van der Waals surface area contributed by atoms with E-state index in [1.54, 1.807) is 36.4 Å². The topological polar surface area (TPSA) is 148 Å². The van der Waals surface area contributed by atoms with Gasteiger partial charge in [-0.3, -0.25) is 19.2 Å². The van der Waals surface area contributed by atoms with Crippen molar-refractivity contribution >= 4 is 77.3 Å². The number of halogens is 1. The first-order valence-corrected chi connectivity index (χ1v) is 23.4. The van der Waals surface area contributed by atoms with E-state index in [9.17, 15) is 19.2 Å². The normalized spacial score (nSPS) is 20.7. The van der Waals surface area contributed by atoms with Gasteiger partial charge in [0.05, 0.1) is 45.0 Å². The van der Waals surface area contributed by atoms with Crippen molar-refractivity contribution in [3.05, 3.63) is 123 Å². The lowest BCUT2D eigenvalue weighted by Gasteiger charge is -2.32. The molecule has 2 aliphatic carbocycles. The number of carbonyl (C=O) groups excluding carboxylic acids is 4. The molecule has 3 heterocycles. The quantitative estimate of drug-likeness (QED) is 0.179. The molecular formula is C51H64B3BrN2O10. The molecule has 354 valence electrons. The lowest BCUT2D eigenvalue weighted by atomic mass is 9.49. The molecule has 0 atom stereocenters. The lowest BCUT2D eigenvalue weighted by Crippen LogP contribution is -2.41. The number of fused-ring (bicyclic) bond motifs is 2. The third kappa shape index (κ3) is 10.5. The van der Waals surface area contributed by atoms with Gasteiger partial charge in [0.2, 0.25) is 0 Å². The number of anilines is 2. The first-order valence-electron chi connectivity index (χ1n) is 22.6. The van der Waals surface area contributed by atoms with E-state index in [0.29, 0.717) is 52.9 Å². The first-order chi connectivity index (χ1) is 30.7. The zero-order valence-corrected chi connectivity index (χ0v) is 41.7. The van der Waals surface area contributed by atoms with Crippen LogP contribution in [0, 0.1) is 0 Å². The second kappa shape index (κ2) is 19.2. The third-order valence-corrected chi connectivity index (χ3v) is 15.0. The van der Waals surface area contributed by atoms with Crippen molar-refractivity contribution in [1.82, 2.24) is 0 Å². The highest BCUT2D eigenvalue weighted by atomic mass is 79.9. The van der Waals surface area contributed by atoms with Gasteiger partial charge in [-0.25, -0.2) is 0 Å². The Morgan fingerprint density at radius 1 is 0.478 bits per heavy atom. The monoisotopic (exact) mass is 976 g/mol. The van der Waals surface area contributed by atoms with Crippen LogP contribution in [0.15, 0.2) is 89.4 Å². The zero-order valence-electron chi connectivity index (χ0n) is 40.1. The number of hydrogen-bond donors (Lipinski definition) is 2. The van der Waals surface area contributed by atoms with Gasteiger partial charge in [0.15, 0.2) is 11.6 Å². The number of ketones is 2. The summed E-state index contributed by atoms with van der Waals surface area (Å²) in [4.78, 5) is 49.3. The number of nitrogens with one attached hydrogen (secondary N) is 2. The van der Waals surface area contributed by atoms with Crippen LogP contribution in [0.1, 0.15) is 156 Å². The molecular weight excluding hydrogens is 913 g/mol. The van der Waals surface area contributed by atoms with Crippen LogP contribution >= 0.6 is 15.9 Å². The van der Waals surface area contributed by atoms with E-state index >= 15 is 0 Å². The number of carbonyl (C=O) groups is 4. The second-order valence-corrected chi connectivity index (χ2v) is 21.2. The van der Waals surface area contributed by atoms with Crippen molar-refractivity contribution in [2.75, 3.05) is 10.6 Å². The minimum atomic E-state index is -0.525. The predicted molar refractivity (Wildman–Crippen MR) is 269 cm³/mol. The second-order valence-electron chi connectivity index (χ2n) is 20.3. The van der Waals surface area contributed by atoms with Crippen molar-refractivity contribution in [2.24, 2.45) is 0 Å². The Kier molecular flexibility index (Phi) is 14.9. The highest BCUT2D eigenvalue weighted by molar-refractivity contribution is 9.10. The fraction of sp³-hybridized carbons (Fsp3) is 0.451. The van der Waals surface area contributed by atoms with E-state index in [0.717, 1.165) is 27.5 Å². The molecule has 0 bridgehead atoms. The summed E-state index contributed by atoms with van der Waals surface area (Å²) in [6, 6.07) is 25.3.